The average molecular weight is 376 g/mol. The number of nitrogens with zero attached hydrogens (tertiary/aromatic N) is 1. The maximum Gasteiger partial charge on any atom is 0.306 e. The van der Waals surface area contributed by atoms with Crippen molar-refractivity contribution in [2.75, 3.05) is 7.05 Å². The number of hydrogen-bond acceptors (Lipinski definition) is 4. The Labute approximate surface area is 163 Å². The Kier molecular flexibility index (Phi) is 4.86. The lowest BCUT2D eigenvalue weighted by molar-refractivity contribution is -0.142. The van der Waals surface area contributed by atoms with Gasteiger partial charge < -0.3 is 20.8 Å². The van der Waals surface area contributed by atoms with Crippen LogP contribution in [0.2, 0.25) is 0 Å². The highest BCUT2D eigenvalue weighted by atomic mass is 16.4. The minimum absolute atomic E-state index is 0.218. The predicted molar refractivity (Wildman–Crippen MR) is 112 cm³/mol. The molecule has 1 fully saturated rings. The van der Waals surface area contributed by atoms with E-state index in [0.29, 0.717) is 5.92 Å². The van der Waals surface area contributed by atoms with E-state index in [-0.39, 0.29) is 5.92 Å². The highest BCUT2D eigenvalue weighted by Gasteiger charge is 2.28. The number of aromatic amines is 1. The van der Waals surface area contributed by atoms with Crippen molar-refractivity contribution in [1.29, 1.82) is 5.41 Å². The molecule has 1 aliphatic rings. The lowest BCUT2D eigenvalue weighted by Gasteiger charge is -2.26. The zero-order chi connectivity index (χ0) is 19.7. The van der Waals surface area contributed by atoms with Gasteiger partial charge in [0.2, 0.25) is 0 Å². The van der Waals surface area contributed by atoms with E-state index >= 15 is 0 Å². The Morgan fingerprint density at radius 2 is 2.11 bits per heavy atom. The number of hydrogen-bond donors (Lipinski definition) is 4. The first-order chi connectivity index (χ1) is 13.6. The maximum atomic E-state index is 11.3. The number of fused-ring (bicyclic) bond motifs is 3. The number of aromatic nitrogens is 2. The lowest BCUT2D eigenvalue weighted by Crippen LogP contribution is -2.20. The van der Waals surface area contributed by atoms with Crippen LogP contribution in [0.4, 0.5) is 0 Å². The summed E-state index contributed by atoms with van der Waals surface area (Å²) in [5.74, 6) is -0.551. The standard InChI is InChI=1S/C22H24N4O2/c1-24-10-17(9-23)15-6-7-16-11-25-21-20(18(16)8-15)19(12-26-21)13-2-4-14(5-3-13)22(27)28/h6-14,23-24H,2-5H2,1H3,(H,25,26)(H,27,28)/b17-10+,23-9?. The summed E-state index contributed by atoms with van der Waals surface area (Å²) in [6.07, 6.45) is 10.3. The average Bonchev–Trinajstić information content (AvgIpc) is 3.16. The van der Waals surface area contributed by atoms with Gasteiger partial charge in [-0.2, -0.15) is 0 Å². The van der Waals surface area contributed by atoms with Crippen LogP contribution < -0.4 is 5.32 Å². The quantitative estimate of drug-likeness (QED) is 0.499. The summed E-state index contributed by atoms with van der Waals surface area (Å²) in [5.41, 5.74) is 3.87. The second-order valence-electron chi connectivity index (χ2n) is 7.45. The fraction of sp³-hybridized carbons (Fsp3) is 0.318. The molecule has 1 saturated carbocycles. The predicted octanol–water partition coefficient (Wildman–Crippen LogP) is 4.28. The number of carbonyl (C=O) groups is 1. The molecule has 0 amide bonds. The topological polar surface area (TPSA) is 102 Å². The van der Waals surface area contributed by atoms with Gasteiger partial charge in [-0.3, -0.25) is 4.79 Å². The van der Waals surface area contributed by atoms with Gasteiger partial charge in [-0.15, -0.1) is 0 Å². The zero-order valence-electron chi connectivity index (χ0n) is 15.8. The number of benzene rings is 1. The summed E-state index contributed by atoms with van der Waals surface area (Å²) < 4.78 is 0. The van der Waals surface area contributed by atoms with E-state index < -0.39 is 5.97 Å². The molecule has 6 heteroatoms. The summed E-state index contributed by atoms with van der Waals surface area (Å²) in [4.78, 5) is 19.2. The normalized spacial score (nSPS) is 20.4. The van der Waals surface area contributed by atoms with Crippen LogP contribution in [0, 0.1) is 11.3 Å². The first-order valence-corrected chi connectivity index (χ1v) is 9.63. The number of nitrogens with one attached hydrogen (secondary N) is 3. The molecule has 4 N–H and O–H groups in total. The van der Waals surface area contributed by atoms with Crippen molar-refractivity contribution in [2.24, 2.45) is 5.92 Å². The molecule has 0 bridgehead atoms. The third-order valence-electron chi connectivity index (χ3n) is 5.85. The number of carboxylic acids is 1. The van der Waals surface area contributed by atoms with E-state index in [1.54, 1.807) is 0 Å². The lowest BCUT2D eigenvalue weighted by atomic mass is 9.78. The molecule has 0 aliphatic heterocycles. The minimum Gasteiger partial charge on any atom is -0.481 e. The van der Waals surface area contributed by atoms with Gasteiger partial charge in [-0.05, 0) is 54.2 Å². The Bertz CT molecular complexity index is 1070. The molecule has 1 aliphatic carbocycles. The van der Waals surface area contributed by atoms with E-state index in [1.807, 2.05) is 37.8 Å². The molecule has 4 rings (SSSR count). The molecule has 2 aromatic heterocycles. The number of rotatable bonds is 5. The Morgan fingerprint density at radius 3 is 2.79 bits per heavy atom. The Morgan fingerprint density at radius 1 is 1.32 bits per heavy atom. The number of pyridine rings is 1. The van der Waals surface area contributed by atoms with E-state index in [0.717, 1.165) is 58.6 Å². The Hall–Kier alpha value is -3.15. The molecule has 0 spiro atoms. The van der Waals surface area contributed by atoms with Crippen LogP contribution in [0.15, 0.2) is 36.8 Å². The fourth-order valence-corrected chi connectivity index (χ4v) is 4.35. The molecule has 0 saturated heterocycles. The van der Waals surface area contributed by atoms with Gasteiger partial charge in [-0.25, -0.2) is 4.98 Å². The number of aliphatic carboxylic acids is 1. The highest BCUT2D eigenvalue weighted by Crippen LogP contribution is 2.40. The van der Waals surface area contributed by atoms with Crippen molar-refractivity contribution in [3.8, 4) is 0 Å². The van der Waals surface area contributed by atoms with Crippen molar-refractivity contribution in [3.05, 3.63) is 47.9 Å². The summed E-state index contributed by atoms with van der Waals surface area (Å²) in [7, 11) is 1.82. The van der Waals surface area contributed by atoms with Crippen LogP contribution in [0.5, 0.6) is 0 Å². The van der Waals surface area contributed by atoms with Gasteiger partial charge in [0.15, 0.2) is 0 Å². The summed E-state index contributed by atoms with van der Waals surface area (Å²) in [6.45, 7) is 0. The van der Waals surface area contributed by atoms with Crippen molar-refractivity contribution < 1.29 is 9.90 Å². The molecular formula is C22H24N4O2. The van der Waals surface area contributed by atoms with E-state index in [2.05, 4.69) is 21.4 Å². The van der Waals surface area contributed by atoms with Gasteiger partial charge in [0.05, 0.1) is 5.92 Å². The monoisotopic (exact) mass is 376 g/mol. The second-order valence-corrected chi connectivity index (χ2v) is 7.45. The van der Waals surface area contributed by atoms with Gasteiger partial charge in [0, 0.05) is 48.2 Å². The number of H-pyrrole nitrogens is 1. The molecule has 2 heterocycles. The SMILES string of the molecule is CN/C=C(\C=N)c1ccc2cnc3[nH]cc(C4CCC(C(=O)O)CC4)c3c2c1. The van der Waals surface area contributed by atoms with Crippen LogP contribution >= 0.6 is 0 Å². The molecular weight excluding hydrogens is 352 g/mol. The van der Waals surface area contributed by atoms with Crippen molar-refractivity contribution in [3.63, 3.8) is 0 Å². The number of allylic oxidation sites excluding steroid dienone is 1. The van der Waals surface area contributed by atoms with Crippen LogP contribution in [-0.2, 0) is 4.79 Å². The second kappa shape index (κ2) is 7.46. The molecule has 6 nitrogen and oxygen atoms in total. The molecule has 0 radical (unpaired) electrons. The smallest absolute Gasteiger partial charge is 0.306 e. The van der Waals surface area contributed by atoms with Crippen LogP contribution in [-0.4, -0.2) is 34.3 Å². The van der Waals surface area contributed by atoms with E-state index in [1.165, 1.54) is 11.8 Å². The van der Waals surface area contributed by atoms with E-state index in [9.17, 15) is 9.90 Å². The third-order valence-corrected chi connectivity index (χ3v) is 5.85. The largest absolute Gasteiger partial charge is 0.481 e. The summed E-state index contributed by atoms with van der Waals surface area (Å²) in [5, 5.41) is 23.3. The summed E-state index contributed by atoms with van der Waals surface area (Å²) >= 11 is 0. The first kappa shape index (κ1) is 18.2. The fourth-order valence-electron chi connectivity index (χ4n) is 4.35. The van der Waals surface area contributed by atoms with Gasteiger partial charge >= 0.3 is 5.97 Å². The molecule has 144 valence electrons. The summed E-state index contributed by atoms with van der Waals surface area (Å²) in [6, 6.07) is 6.17. The van der Waals surface area contributed by atoms with Crippen molar-refractivity contribution in [2.45, 2.75) is 31.6 Å². The van der Waals surface area contributed by atoms with Crippen LogP contribution in [0.25, 0.3) is 27.4 Å². The van der Waals surface area contributed by atoms with Crippen molar-refractivity contribution in [1.82, 2.24) is 15.3 Å². The maximum absolute atomic E-state index is 11.3. The van der Waals surface area contributed by atoms with Gasteiger partial charge in [0.1, 0.15) is 5.65 Å². The van der Waals surface area contributed by atoms with Crippen LogP contribution in [0.1, 0.15) is 42.7 Å². The molecule has 3 aromatic rings. The molecule has 0 atom stereocenters. The molecule has 1 aromatic carbocycles. The minimum atomic E-state index is -0.676. The molecule has 0 unspecified atom stereocenters. The van der Waals surface area contributed by atoms with Crippen molar-refractivity contribution >= 4 is 39.6 Å². The Balaban J connectivity index is 1.80. The van der Waals surface area contributed by atoms with Crippen LogP contribution in [0.3, 0.4) is 0 Å². The number of carboxylic acid groups (broad SMARTS) is 1. The first-order valence-electron chi connectivity index (χ1n) is 9.63. The van der Waals surface area contributed by atoms with Gasteiger partial charge in [-0.1, -0.05) is 12.1 Å². The molecule has 28 heavy (non-hydrogen) atoms. The third kappa shape index (κ3) is 3.15. The van der Waals surface area contributed by atoms with E-state index in [4.69, 9.17) is 5.41 Å². The zero-order valence-corrected chi connectivity index (χ0v) is 15.8. The van der Waals surface area contributed by atoms with Gasteiger partial charge in [0.25, 0.3) is 0 Å². The highest BCUT2D eigenvalue weighted by molar-refractivity contribution is 6.12.